The van der Waals surface area contributed by atoms with Crippen LogP contribution in [0.15, 0.2) is 18.3 Å². The number of hydrogen-bond acceptors (Lipinski definition) is 4. The number of aliphatic hydroxyl groups excluding tert-OH is 1. The molecule has 0 atom stereocenters. The molecule has 2 rings (SSSR count). The highest BCUT2D eigenvalue weighted by atomic mass is 16.5. The second-order valence-electron chi connectivity index (χ2n) is 4.69. The van der Waals surface area contributed by atoms with E-state index in [1.54, 1.807) is 12.1 Å². The average molecular weight is 250 g/mol. The zero-order chi connectivity index (χ0) is 13.0. The number of hydrogen-bond donors (Lipinski definition) is 2. The van der Waals surface area contributed by atoms with Gasteiger partial charge in [-0.25, -0.2) is 4.98 Å². The van der Waals surface area contributed by atoms with Gasteiger partial charge in [-0.1, -0.05) is 12.8 Å². The molecule has 0 spiro atoms. The van der Waals surface area contributed by atoms with Crippen LogP contribution in [-0.4, -0.2) is 35.3 Å². The third kappa shape index (κ3) is 2.61. The summed E-state index contributed by atoms with van der Waals surface area (Å²) in [6, 6.07) is 3.32. The van der Waals surface area contributed by atoms with Crippen molar-refractivity contribution in [1.29, 1.82) is 0 Å². The molecule has 1 aliphatic carbocycles. The molecule has 98 valence electrons. The first-order valence-corrected chi connectivity index (χ1v) is 6.12. The van der Waals surface area contributed by atoms with Crippen LogP contribution in [0.5, 0.6) is 5.88 Å². The van der Waals surface area contributed by atoms with Gasteiger partial charge in [-0.05, 0) is 18.9 Å². The number of rotatable bonds is 4. The lowest BCUT2D eigenvalue weighted by Crippen LogP contribution is -2.49. The van der Waals surface area contributed by atoms with Crippen LogP contribution >= 0.6 is 0 Å². The molecular weight excluding hydrogens is 232 g/mol. The van der Waals surface area contributed by atoms with E-state index in [9.17, 15) is 9.90 Å². The Morgan fingerprint density at radius 3 is 2.72 bits per heavy atom. The van der Waals surface area contributed by atoms with Crippen molar-refractivity contribution in [2.24, 2.45) is 0 Å². The number of aliphatic hydroxyl groups is 1. The molecule has 5 heteroatoms. The molecule has 2 N–H and O–H groups in total. The molecule has 5 nitrogen and oxygen atoms in total. The largest absolute Gasteiger partial charge is 0.481 e. The third-order valence-corrected chi connectivity index (χ3v) is 3.45. The smallest absolute Gasteiger partial charge is 0.253 e. The van der Waals surface area contributed by atoms with Gasteiger partial charge in [0.05, 0.1) is 24.8 Å². The predicted octanol–water partition coefficient (Wildman–Crippen LogP) is 1.13. The van der Waals surface area contributed by atoms with Crippen LogP contribution in [0, 0.1) is 0 Å². The first-order valence-electron chi connectivity index (χ1n) is 6.12. The normalized spacial score (nSPS) is 17.4. The number of ether oxygens (including phenoxy) is 1. The Balaban J connectivity index is 2.06. The van der Waals surface area contributed by atoms with E-state index < -0.39 is 5.54 Å². The molecule has 0 radical (unpaired) electrons. The van der Waals surface area contributed by atoms with Crippen LogP contribution in [0.25, 0.3) is 0 Å². The molecule has 1 aromatic heterocycles. The Kier molecular flexibility index (Phi) is 3.81. The van der Waals surface area contributed by atoms with Crippen molar-refractivity contribution < 1.29 is 14.6 Å². The lowest BCUT2D eigenvalue weighted by Gasteiger charge is -2.27. The minimum atomic E-state index is -0.447. The first kappa shape index (κ1) is 12.8. The van der Waals surface area contributed by atoms with Gasteiger partial charge in [0.2, 0.25) is 5.88 Å². The molecule has 1 heterocycles. The maximum absolute atomic E-state index is 12.1. The molecule has 1 aromatic rings. The van der Waals surface area contributed by atoms with Crippen LogP contribution < -0.4 is 10.1 Å². The molecule has 0 aromatic carbocycles. The molecule has 0 unspecified atom stereocenters. The Morgan fingerprint density at radius 2 is 2.22 bits per heavy atom. The Hall–Kier alpha value is -1.62. The molecular formula is C13H18N2O3. The zero-order valence-corrected chi connectivity index (χ0v) is 10.5. The molecule has 18 heavy (non-hydrogen) atoms. The Bertz CT molecular complexity index is 411. The molecule has 0 aliphatic heterocycles. The average Bonchev–Trinajstić information content (AvgIpc) is 2.88. The number of nitrogens with zero attached hydrogens (tertiary/aromatic N) is 1. The maximum Gasteiger partial charge on any atom is 0.253 e. The molecule has 0 saturated heterocycles. The monoisotopic (exact) mass is 250 g/mol. The Labute approximate surface area is 106 Å². The fourth-order valence-corrected chi connectivity index (χ4v) is 2.32. The topological polar surface area (TPSA) is 71.5 Å². The highest BCUT2D eigenvalue weighted by molar-refractivity contribution is 5.94. The summed E-state index contributed by atoms with van der Waals surface area (Å²) in [5, 5.41) is 12.4. The first-order chi connectivity index (χ1) is 8.69. The number of methoxy groups -OCH3 is 1. The van der Waals surface area contributed by atoms with Gasteiger partial charge in [0.25, 0.3) is 5.91 Å². The molecule has 1 fully saturated rings. The van der Waals surface area contributed by atoms with E-state index in [0.29, 0.717) is 11.4 Å². The number of aromatic nitrogens is 1. The second kappa shape index (κ2) is 5.35. The van der Waals surface area contributed by atoms with Gasteiger partial charge in [-0.3, -0.25) is 4.79 Å². The summed E-state index contributed by atoms with van der Waals surface area (Å²) in [4.78, 5) is 16.1. The van der Waals surface area contributed by atoms with Crippen molar-refractivity contribution in [3.8, 4) is 5.88 Å². The second-order valence-corrected chi connectivity index (χ2v) is 4.69. The zero-order valence-electron chi connectivity index (χ0n) is 10.5. The van der Waals surface area contributed by atoms with Crippen molar-refractivity contribution in [2.45, 2.75) is 31.2 Å². The van der Waals surface area contributed by atoms with Crippen molar-refractivity contribution in [3.63, 3.8) is 0 Å². The molecule has 0 bridgehead atoms. The minimum Gasteiger partial charge on any atom is -0.481 e. The van der Waals surface area contributed by atoms with Gasteiger partial charge in [-0.15, -0.1) is 0 Å². The van der Waals surface area contributed by atoms with Crippen LogP contribution in [0.4, 0.5) is 0 Å². The van der Waals surface area contributed by atoms with Crippen molar-refractivity contribution >= 4 is 5.91 Å². The van der Waals surface area contributed by atoms with E-state index >= 15 is 0 Å². The van der Waals surface area contributed by atoms with Crippen molar-refractivity contribution in [2.75, 3.05) is 13.7 Å². The maximum atomic E-state index is 12.1. The van der Waals surface area contributed by atoms with Crippen LogP contribution in [0.3, 0.4) is 0 Å². The molecule has 1 saturated carbocycles. The van der Waals surface area contributed by atoms with Gasteiger partial charge in [0.1, 0.15) is 0 Å². The van der Waals surface area contributed by atoms with Gasteiger partial charge in [0, 0.05) is 12.3 Å². The summed E-state index contributed by atoms with van der Waals surface area (Å²) in [6.45, 7) is -0.0116. The highest BCUT2D eigenvalue weighted by Crippen LogP contribution is 2.29. The van der Waals surface area contributed by atoms with Gasteiger partial charge >= 0.3 is 0 Å². The summed E-state index contributed by atoms with van der Waals surface area (Å²) in [6.07, 6.45) is 5.23. The van der Waals surface area contributed by atoms with E-state index in [1.165, 1.54) is 13.3 Å². The number of nitrogens with one attached hydrogen (secondary N) is 1. The fourth-order valence-electron chi connectivity index (χ4n) is 2.32. The number of amides is 1. The number of carbonyl (C=O) groups excluding carboxylic acids is 1. The standard InChI is InChI=1S/C13H18N2O3/c1-18-11-5-4-10(8-14-11)12(17)15-13(9-16)6-2-3-7-13/h4-5,8,16H,2-3,6-7,9H2,1H3,(H,15,17). The number of pyridine rings is 1. The molecule has 1 amide bonds. The minimum absolute atomic E-state index is 0.0116. The lowest BCUT2D eigenvalue weighted by molar-refractivity contribution is 0.0838. The lowest BCUT2D eigenvalue weighted by atomic mass is 9.98. The summed E-state index contributed by atoms with van der Waals surface area (Å²) < 4.78 is 4.94. The third-order valence-electron chi connectivity index (χ3n) is 3.45. The SMILES string of the molecule is COc1ccc(C(=O)NC2(CO)CCCC2)cn1. The van der Waals surface area contributed by atoms with E-state index in [-0.39, 0.29) is 12.5 Å². The van der Waals surface area contributed by atoms with E-state index in [1.807, 2.05) is 0 Å². The van der Waals surface area contributed by atoms with Crippen LogP contribution in [0.1, 0.15) is 36.0 Å². The van der Waals surface area contributed by atoms with Crippen LogP contribution in [0.2, 0.25) is 0 Å². The van der Waals surface area contributed by atoms with Crippen LogP contribution in [-0.2, 0) is 0 Å². The summed E-state index contributed by atoms with van der Waals surface area (Å²) in [7, 11) is 1.53. The van der Waals surface area contributed by atoms with Crippen molar-refractivity contribution in [3.05, 3.63) is 23.9 Å². The van der Waals surface area contributed by atoms with Gasteiger partial charge in [-0.2, -0.15) is 0 Å². The number of carbonyl (C=O) groups is 1. The van der Waals surface area contributed by atoms with Crippen molar-refractivity contribution in [1.82, 2.24) is 10.3 Å². The van der Waals surface area contributed by atoms with Gasteiger partial charge in [0.15, 0.2) is 0 Å². The summed E-state index contributed by atoms with van der Waals surface area (Å²) in [5.74, 6) is 0.283. The molecule has 1 aliphatic rings. The highest BCUT2D eigenvalue weighted by Gasteiger charge is 2.34. The van der Waals surface area contributed by atoms with E-state index in [4.69, 9.17) is 4.74 Å². The fraction of sp³-hybridized carbons (Fsp3) is 0.538. The quantitative estimate of drug-likeness (QED) is 0.840. The predicted molar refractivity (Wildman–Crippen MR) is 66.5 cm³/mol. The van der Waals surface area contributed by atoms with E-state index in [0.717, 1.165) is 25.7 Å². The van der Waals surface area contributed by atoms with E-state index in [2.05, 4.69) is 10.3 Å². The Morgan fingerprint density at radius 1 is 1.50 bits per heavy atom. The summed E-state index contributed by atoms with van der Waals surface area (Å²) in [5.41, 5.74) is 0.0346. The summed E-state index contributed by atoms with van der Waals surface area (Å²) >= 11 is 0. The van der Waals surface area contributed by atoms with Gasteiger partial charge < -0.3 is 15.2 Å².